The van der Waals surface area contributed by atoms with Crippen LogP contribution in [0.5, 0.6) is 0 Å². The maximum atomic E-state index is 11.9. The molecule has 0 aliphatic carbocycles. The van der Waals surface area contributed by atoms with Gasteiger partial charge in [-0.25, -0.2) is 5.10 Å². The lowest BCUT2D eigenvalue weighted by Gasteiger charge is -2.25. The van der Waals surface area contributed by atoms with E-state index in [9.17, 15) is 14.4 Å². The number of rotatable bonds is 3. The minimum absolute atomic E-state index is 0.0132. The first kappa shape index (κ1) is 13.2. The molecule has 1 saturated heterocycles. The third-order valence-electron chi connectivity index (χ3n) is 3.16. The number of amides is 1. The van der Waals surface area contributed by atoms with E-state index in [0.717, 1.165) is 0 Å². The average molecular weight is 267 g/mol. The van der Waals surface area contributed by atoms with Crippen LogP contribution in [0.1, 0.15) is 17.4 Å². The molecule has 2 heterocycles. The van der Waals surface area contributed by atoms with E-state index in [1.165, 1.54) is 19.1 Å². The zero-order chi connectivity index (χ0) is 14.0. The molecular weight excluding hydrogens is 254 g/mol. The average Bonchev–Trinajstić information content (AvgIpc) is 2.73. The van der Waals surface area contributed by atoms with Gasteiger partial charge in [0.25, 0.3) is 11.5 Å². The van der Waals surface area contributed by atoms with Crippen molar-refractivity contribution in [1.82, 2.24) is 15.5 Å². The van der Waals surface area contributed by atoms with Crippen LogP contribution in [-0.2, 0) is 9.53 Å². The number of aliphatic carboxylic acids is 1. The molecule has 8 heteroatoms. The number of carbonyl (C=O) groups is 2. The van der Waals surface area contributed by atoms with Crippen molar-refractivity contribution in [1.29, 1.82) is 0 Å². The lowest BCUT2D eigenvalue weighted by atomic mass is 9.85. The molecule has 1 aliphatic heterocycles. The van der Waals surface area contributed by atoms with Crippen molar-refractivity contribution in [2.75, 3.05) is 13.2 Å². The molecule has 3 N–H and O–H groups in total. The van der Waals surface area contributed by atoms with E-state index in [1.807, 2.05) is 0 Å². The number of carbonyl (C=O) groups excluding carboxylic acids is 1. The molecule has 0 bridgehead atoms. The molecule has 2 atom stereocenters. The largest absolute Gasteiger partial charge is 0.481 e. The van der Waals surface area contributed by atoms with Crippen molar-refractivity contribution in [3.05, 3.63) is 28.2 Å². The smallest absolute Gasteiger partial charge is 0.313 e. The van der Waals surface area contributed by atoms with E-state index in [4.69, 9.17) is 9.84 Å². The van der Waals surface area contributed by atoms with Crippen molar-refractivity contribution in [2.24, 2.45) is 5.41 Å². The van der Waals surface area contributed by atoms with Gasteiger partial charge in [0.2, 0.25) is 0 Å². The van der Waals surface area contributed by atoms with E-state index >= 15 is 0 Å². The van der Waals surface area contributed by atoms with Gasteiger partial charge in [-0.05, 0) is 13.0 Å². The summed E-state index contributed by atoms with van der Waals surface area (Å²) in [5.41, 5.74) is -1.58. The second kappa shape index (κ2) is 4.81. The molecule has 1 fully saturated rings. The molecule has 8 nitrogen and oxygen atoms in total. The normalized spacial score (nSPS) is 26.1. The second-order valence-electron chi connectivity index (χ2n) is 4.57. The van der Waals surface area contributed by atoms with E-state index in [1.54, 1.807) is 0 Å². The number of ether oxygens (including phenoxy) is 1. The number of H-pyrrole nitrogens is 1. The lowest BCUT2D eigenvalue weighted by Crippen LogP contribution is -2.49. The van der Waals surface area contributed by atoms with Gasteiger partial charge in [-0.2, -0.15) is 5.10 Å². The molecule has 1 aromatic heterocycles. The van der Waals surface area contributed by atoms with Gasteiger partial charge in [0.05, 0.1) is 19.3 Å². The van der Waals surface area contributed by atoms with Crippen LogP contribution < -0.4 is 10.9 Å². The number of hydrogen-bond donors (Lipinski definition) is 3. The first-order chi connectivity index (χ1) is 8.93. The van der Waals surface area contributed by atoms with Gasteiger partial charge < -0.3 is 15.2 Å². The second-order valence-corrected chi connectivity index (χ2v) is 4.57. The number of carboxylic acid groups (broad SMARTS) is 1. The molecule has 0 radical (unpaired) electrons. The summed E-state index contributed by atoms with van der Waals surface area (Å²) in [6.45, 7) is 1.66. The summed E-state index contributed by atoms with van der Waals surface area (Å²) in [4.78, 5) is 33.9. The molecular formula is C11H13N3O5. The third kappa shape index (κ3) is 2.48. The van der Waals surface area contributed by atoms with Crippen molar-refractivity contribution >= 4 is 11.9 Å². The van der Waals surface area contributed by atoms with E-state index in [2.05, 4.69) is 15.5 Å². The van der Waals surface area contributed by atoms with Crippen molar-refractivity contribution in [3.8, 4) is 0 Å². The molecule has 1 aromatic rings. The van der Waals surface area contributed by atoms with Gasteiger partial charge in [0.1, 0.15) is 11.1 Å². The Morgan fingerprint density at radius 3 is 2.89 bits per heavy atom. The fraction of sp³-hybridized carbons (Fsp3) is 0.455. The van der Waals surface area contributed by atoms with Crippen molar-refractivity contribution in [2.45, 2.75) is 13.0 Å². The van der Waals surface area contributed by atoms with Gasteiger partial charge >= 0.3 is 5.97 Å². The van der Waals surface area contributed by atoms with Crippen molar-refractivity contribution < 1.29 is 19.4 Å². The lowest BCUT2D eigenvalue weighted by molar-refractivity contribution is -0.148. The molecule has 0 saturated carbocycles. The Labute approximate surface area is 107 Å². The number of nitrogens with zero attached hydrogens (tertiary/aromatic N) is 1. The molecule has 2 rings (SSSR count). The Hall–Kier alpha value is -2.22. The molecule has 19 heavy (non-hydrogen) atoms. The highest BCUT2D eigenvalue weighted by Crippen LogP contribution is 2.28. The number of nitrogens with one attached hydrogen (secondary N) is 2. The summed E-state index contributed by atoms with van der Waals surface area (Å²) >= 11 is 0. The molecule has 1 aliphatic rings. The summed E-state index contributed by atoms with van der Waals surface area (Å²) in [5.74, 6) is -1.59. The number of hydrogen-bond acceptors (Lipinski definition) is 5. The summed E-state index contributed by atoms with van der Waals surface area (Å²) in [6.07, 6.45) is 0. The van der Waals surface area contributed by atoms with Crippen LogP contribution in [0.25, 0.3) is 0 Å². The minimum atomic E-state index is -1.17. The number of carboxylic acids is 1. The highest BCUT2D eigenvalue weighted by molar-refractivity contribution is 5.92. The van der Waals surface area contributed by atoms with Crippen LogP contribution in [0.3, 0.4) is 0 Å². The Morgan fingerprint density at radius 2 is 2.32 bits per heavy atom. The Kier molecular flexibility index (Phi) is 3.34. The standard InChI is InChI=1S/C11H13N3O5/c1-11(10(17)18)5-19-4-7(11)12-9(16)6-2-3-8(15)14-13-6/h2-3,7H,4-5H2,1H3,(H,12,16)(H,14,15)(H,17,18). The van der Waals surface area contributed by atoms with Crippen LogP contribution in [0, 0.1) is 5.41 Å². The number of aromatic nitrogens is 2. The highest BCUT2D eigenvalue weighted by Gasteiger charge is 2.47. The van der Waals surface area contributed by atoms with Gasteiger partial charge in [0.15, 0.2) is 0 Å². The van der Waals surface area contributed by atoms with Crippen LogP contribution in [-0.4, -0.2) is 46.4 Å². The topological polar surface area (TPSA) is 121 Å². The van der Waals surface area contributed by atoms with Crippen molar-refractivity contribution in [3.63, 3.8) is 0 Å². The maximum Gasteiger partial charge on any atom is 0.313 e. The van der Waals surface area contributed by atoms with Crippen LogP contribution in [0.2, 0.25) is 0 Å². The van der Waals surface area contributed by atoms with Gasteiger partial charge in [0, 0.05) is 6.07 Å². The number of aromatic amines is 1. The summed E-state index contributed by atoms with van der Waals surface area (Å²) in [7, 11) is 0. The van der Waals surface area contributed by atoms with E-state index < -0.39 is 28.9 Å². The highest BCUT2D eigenvalue weighted by atomic mass is 16.5. The third-order valence-corrected chi connectivity index (χ3v) is 3.16. The molecule has 0 spiro atoms. The predicted molar refractivity (Wildman–Crippen MR) is 62.7 cm³/mol. The molecule has 102 valence electrons. The zero-order valence-corrected chi connectivity index (χ0v) is 10.2. The minimum Gasteiger partial charge on any atom is -0.481 e. The Morgan fingerprint density at radius 1 is 1.58 bits per heavy atom. The zero-order valence-electron chi connectivity index (χ0n) is 10.2. The van der Waals surface area contributed by atoms with Crippen LogP contribution in [0.15, 0.2) is 16.9 Å². The van der Waals surface area contributed by atoms with Gasteiger partial charge in [-0.15, -0.1) is 0 Å². The molecule has 0 aromatic carbocycles. The maximum absolute atomic E-state index is 11.9. The summed E-state index contributed by atoms with van der Waals surface area (Å²) in [6, 6.07) is 1.79. The fourth-order valence-corrected chi connectivity index (χ4v) is 1.79. The van der Waals surface area contributed by atoms with Crippen LogP contribution >= 0.6 is 0 Å². The van der Waals surface area contributed by atoms with E-state index in [0.29, 0.717) is 0 Å². The summed E-state index contributed by atoms with van der Waals surface area (Å²) < 4.78 is 5.12. The Bertz CT molecular complexity index is 549. The summed E-state index contributed by atoms with van der Waals surface area (Å²) in [5, 5.41) is 17.4. The first-order valence-electron chi connectivity index (χ1n) is 5.61. The Balaban J connectivity index is 2.13. The predicted octanol–water partition coefficient (Wildman–Crippen LogP) is -1.01. The molecule has 1 amide bonds. The van der Waals surface area contributed by atoms with Gasteiger partial charge in [-0.3, -0.25) is 14.4 Å². The van der Waals surface area contributed by atoms with Crippen LogP contribution in [0.4, 0.5) is 0 Å². The first-order valence-corrected chi connectivity index (χ1v) is 5.61. The quantitative estimate of drug-likeness (QED) is 0.645. The SMILES string of the molecule is CC1(C(=O)O)COCC1NC(=O)c1ccc(=O)[nH]n1. The van der Waals surface area contributed by atoms with Gasteiger partial charge in [-0.1, -0.05) is 0 Å². The van der Waals surface area contributed by atoms with E-state index in [-0.39, 0.29) is 18.9 Å². The fourth-order valence-electron chi connectivity index (χ4n) is 1.79. The monoisotopic (exact) mass is 267 g/mol. The molecule has 2 unspecified atom stereocenters.